The van der Waals surface area contributed by atoms with Crippen LogP contribution in [0.4, 0.5) is 0 Å². The molecule has 0 aromatic carbocycles. The fraction of sp³-hybridized carbons (Fsp3) is 1.00. The van der Waals surface area contributed by atoms with E-state index in [1.807, 2.05) is 0 Å². The molecule has 0 bridgehead atoms. The van der Waals surface area contributed by atoms with Crippen LogP contribution in [-0.4, -0.2) is 48.6 Å². The van der Waals surface area contributed by atoms with Crippen LogP contribution in [0.3, 0.4) is 0 Å². The second-order valence-electron chi connectivity index (χ2n) is 3.65. The third-order valence-corrected chi connectivity index (χ3v) is 3.78. The third kappa shape index (κ3) is 1.89. The van der Waals surface area contributed by atoms with E-state index in [0.29, 0.717) is 0 Å². The van der Waals surface area contributed by atoms with Gasteiger partial charge in [-0.25, -0.2) is 0 Å². The van der Waals surface area contributed by atoms with Crippen molar-refractivity contribution in [2.75, 3.05) is 31.6 Å². The second kappa shape index (κ2) is 3.33. The Morgan fingerprint density at radius 1 is 1.36 bits per heavy atom. The van der Waals surface area contributed by atoms with Crippen molar-refractivity contribution in [3.8, 4) is 0 Å². The zero-order chi connectivity index (χ0) is 7.68. The SMILES string of the molecule is CN1CCC(NC2CSC2)C1. The molecule has 11 heavy (non-hydrogen) atoms. The van der Waals surface area contributed by atoms with E-state index >= 15 is 0 Å². The summed E-state index contributed by atoms with van der Waals surface area (Å²) in [6.07, 6.45) is 1.34. The van der Waals surface area contributed by atoms with Crippen LogP contribution in [0.2, 0.25) is 0 Å². The number of nitrogens with zero attached hydrogens (tertiary/aromatic N) is 1. The Morgan fingerprint density at radius 3 is 2.64 bits per heavy atom. The standard InChI is InChI=1S/C8H16N2S/c1-10-3-2-7(4-10)9-8-5-11-6-8/h7-9H,2-6H2,1H3. The molecule has 0 aromatic heterocycles. The monoisotopic (exact) mass is 172 g/mol. The number of likely N-dealkylation sites (N-methyl/N-ethyl adjacent to an activating group) is 1. The molecule has 3 heteroatoms. The summed E-state index contributed by atoms with van der Waals surface area (Å²) >= 11 is 2.05. The second-order valence-corrected chi connectivity index (χ2v) is 4.72. The smallest absolute Gasteiger partial charge is 0.0251 e. The van der Waals surface area contributed by atoms with E-state index in [1.165, 1.54) is 31.0 Å². The maximum Gasteiger partial charge on any atom is 0.0251 e. The summed E-state index contributed by atoms with van der Waals surface area (Å²) in [5.74, 6) is 2.67. The van der Waals surface area contributed by atoms with Gasteiger partial charge in [0.25, 0.3) is 0 Å². The number of hydrogen-bond donors (Lipinski definition) is 1. The molecule has 2 fully saturated rings. The average molecular weight is 172 g/mol. The predicted octanol–water partition coefficient (Wildman–Crippen LogP) is 0.396. The van der Waals surface area contributed by atoms with Crippen molar-refractivity contribution in [1.82, 2.24) is 10.2 Å². The van der Waals surface area contributed by atoms with Crippen molar-refractivity contribution in [2.24, 2.45) is 0 Å². The molecular formula is C8H16N2S. The molecule has 0 amide bonds. The summed E-state index contributed by atoms with van der Waals surface area (Å²) in [4.78, 5) is 2.41. The lowest BCUT2D eigenvalue weighted by atomic mass is 10.2. The van der Waals surface area contributed by atoms with Gasteiger partial charge in [0.2, 0.25) is 0 Å². The first-order valence-electron chi connectivity index (χ1n) is 4.37. The lowest BCUT2D eigenvalue weighted by molar-refractivity contribution is 0.389. The minimum atomic E-state index is 0.783. The van der Waals surface area contributed by atoms with Crippen LogP contribution in [0.25, 0.3) is 0 Å². The van der Waals surface area contributed by atoms with Crippen molar-refractivity contribution in [3.05, 3.63) is 0 Å². The maximum absolute atomic E-state index is 3.68. The highest BCUT2D eigenvalue weighted by atomic mass is 32.2. The zero-order valence-corrected chi connectivity index (χ0v) is 7.86. The molecule has 0 aromatic rings. The first kappa shape index (κ1) is 7.90. The maximum atomic E-state index is 3.68. The van der Waals surface area contributed by atoms with Gasteiger partial charge >= 0.3 is 0 Å². The zero-order valence-electron chi connectivity index (χ0n) is 7.05. The average Bonchev–Trinajstić information content (AvgIpc) is 2.27. The summed E-state index contributed by atoms with van der Waals surface area (Å²) in [6.45, 7) is 2.53. The molecule has 0 radical (unpaired) electrons. The number of rotatable bonds is 2. The van der Waals surface area contributed by atoms with Crippen LogP contribution in [0.5, 0.6) is 0 Å². The Kier molecular flexibility index (Phi) is 2.39. The van der Waals surface area contributed by atoms with Gasteiger partial charge in [-0.1, -0.05) is 0 Å². The molecule has 2 aliphatic heterocycles. The highest BCUT2D eigenvalue weighted by Crippen LogP contribution is 2.19. The molecule has 64 valence electrons. The molecule has 2 saturated heterocycles. The fourth-order valence-corrected chi connectivity index (χ4v) is 2.40. The third-order valence-electron chi connectivity index (χ3n) is 2.50. The first-order valence-corrected chi connectivity index (χ1v) is 5.52. The molecule has 1 atom stereocenters. The largest absolute Gasteiger partial charge is 0.308 e. The van der Waals surface area contributed by atoms with Gasteiger partial charge in [-0.05, 0) is 20.0 Å². The number of thioether (sulfide) groups is 1. The Morgan fingerprint density at radius 2 is 2.18 bits per heavy atom. The summed E-state index contributed by atoms with van der Waals surface area (Å²) in [7, 11) is 2.21. The molecule has 2 aliphatic rings. The van der Waals surface area contributed by atoms with Gasteiger partial charge in [0, 0.05) is 30.1 Å². The molecule has 0 spiro atoms. The van der Waals surface area contributed by atoms with Gasteiger partial charge in [0.15, 0.2) is 0 Å². The lowest BCUT2D eigenvalue weighted by Gasteiger charge is -2.29. The van der Waals surface area contributed by atoms with E-state index < -0.39 is 0 Å². The normalized spacial score (nSPS) is 34.1. The summed E-state index contributed by atoms with van der Waals surface area (Å²) < 4.78 is 0. The van der Waals surface area contributed by atoms with Crippen LogP contribution >= 0.6 is 11.8 Å². The van der Waals surface area contributed by atoms with Crippen LogP contribution in [-0.2, 0) is 0 Å². The Hall–Kier alpha value is 0.270. The lowest BCUT2D eigenvalue weighted by Crippen LogP contribution is -2.46. The van der Waals surface area contributed by atoms with Gasteiger partial charge in [-0.3, -0.25) is 0 Å². The van der Waals surface area contributed by atoms with Crippen LogP contribution in [0, 0.1) is 0 Å². The minimum absolute atomic E-state index is 0.783. The summed E-state index contributed by atoms with van der Waals surface area (Å²) in [5.41, 5.74) is 0. The minimum Gasteiger partial charge on any atom is -0.308 e. The van der Waals surface area contributed by atoms with Crippen molar-refractivity contribution in [2.45, 2.75) is 18.5 Å². The Labute approximate surface area is 72.7 Å². The Bertz CT molecular complexity index is 136. The highest BCUT2D eigenvalue weighted by Gasteiger charge is 2.25. The van der Waals surface area contributed by atoms with Crippen LogP contribution < -0.4 is 5.32 Å². The van der Waals surface area contributed by atoms with Crippen molar-refractivity contribution in [1.29, 1.82) is 0 Å². The van der Waals surface area contributed by atoms with Gasteiger partial charge in [-0.15, -0.1) is 0 Å². The first-order chi connectivity index (χ1) is 5.34. The van der Waals surface area contributed by atoms with Crippen molar-refractivity contribution < 1.29 is 0 Å². The van der Waals surface area contributed by atoms with E-state index in [-0.39, 0.29) is 0 Å². The molecule has 2 rings (SSSR count). The summed E-state index contributed by atoms with van der Waals surface area (Å²) in [6, 6.07) is 1.61. The van der Waals surface area contributed by atoms with E-state index in [4.69, 9.17) is 0 Å². The van der Waals surface area contributed by atoms with Gasteiger partial charge in [0.1, 0.15) is 0 Å². The van der Waals surface area contributed by atoms with E-state index in [1.54, 1.807) is 0 Å². The quantitative estimate of drug-likeness (QED) is 0.649. The molecular weight excluding hydrogens is 156 g/mol. The molecule has 1 unspecified atom stereocenters. The van der Waals surface area contributed by atoms with E-state index in [2.05, 4.69) is 29.0 Å². The van der Waals surface area contributed by atoms with Crippen molar-refractivity contribution in [3.63, 3.8) is 0 Å². The molecule has 1 N–H and O–H groups in total. The molecule has 2 heterocycles. The number of nitrogens with one attached hydrogen (secondary N) is 1. The molecule has 0 saturated carbocycles. The van der Waals surface area contributed by atoms with E-state index in [9.17, 15) is 0 Å². The van der Waals surface area contributed by atoms with Crippen molar-refractivity contribution >= 4 is 11.8 Å². The molecule has 0 aliphatic carbocycles. The number of likely N-dealkylation sites (tertiary alicyclic amines) is 1. The molecule has 2 nitrogen and oxygen atoms in total. The summed E-state index contributed by atoms with van der Waals surface area (Å²) in [5, 5.41) is 3.68. The fourth-order valence-electron chi connectivity index (χ4n) is 1.74. The highest BCUT2D eigenvalue weighted by molar-refractivity contribution is 8.00. The van der Waals surface area contributed by atoms with Crippen LogP contribution in [0.15, 0.2) is 0 Å². The van der Waals surface area contributed by atoms with Crippen LogP contribution in [0.1, 0.15) is 6.42 Å². The van der Waals surface area contributed by atoms with E-state index in [0.717, 1.165) is 12.1 Å². The Balaban J connectivity index is 1.70. The number of hydrogen-bond acceptors (Lipinski definition) is 3. The van der Waals surface area contributed by atoms with Gasteiger partial charge in [-0.2, -0.15) is 11.8 Å². The predicted molar refractivity (Wildman–Crippen MR) is 50.2 cm³/mol. The topological polar surface area (TPSA) is 15.3 Å². The van der Waals surface area contributed by atoms with Gasteiger partial charge < -0.3 is 10.2 Å². The van der Waals surface area contributed by atoms with Gasteiger partial charge in [0.05, 0.1) is 0 Å².